The third-order valence-electron chi connectivity index (χ3n) is 3.63. The van der Waals surface area contributed by atoms with Crippen molar-refractivity contribution in [1.29, 1.82) is 0 Å². The van der Waals surface area contributed by atoms with Gasteiger partial charge in [0.15, 0.2) is 11.5 Å². The average Bonchev–Trinajstić information content (AvgIpc) is 2.96. The number of carbonyl (C=O) groups is 1. The van der Waals surface area contributed by atoms with E-state index in [9.17, 15) is 4.79 Å². The second-order valence-corrected chi connectivity index (χ2v) is 6.33. The zero-order valence-corrected chi connectivity index (χ0v) is 14.5. The monoisotopic (exact) mass is 376 g/mol. The highest BCUT2D eigenvalue weighted by molar-refractivity contribution is 9.10. The first-order valence-corrected chi connectivity index (χ1v) is 8.02. The van der Waals surface area contributed by atoms with E-state index in [0.29, 0.717) is 12.3 Å². The molecule has 120 valence electrons. The smallest absolute Gasteiger partial charge is 0.319 e. The lowest BCUT2D eigenvalue weighted by atomic mass is 10.1. The van der Waals surface area contributed by atoms with Gasteiger partial charge in [-0.3, -0.25) is 0 Å². The molecular weight excluding hydrogens is 360 g/mol. The van der Waals surface area contributed by atoms with Crippen molar-refractivity contribution in [2.45, 2.75) is 20.4 Å². The first-order valence-electron chi connectivity index (χ1n) is 7.23. The molecule has 0 radical (unpaired) electrons. The van der Waals surface area contributed by atoms with Gasteiger partial charge in [0.2, 0.25) is 6.79 Å². The summed E-state index contributed by atoms with van der Waals surface area (Å²) < 4.78 is 11.6. The number of carbonyl (C=O) groups excluding carboxylic acids is 1. The van der Waals surface area contributed by atoms with E-state index in [2.05, 4.69) is 26.6 Å². The van der Waals surface area contributed by atoms with Crippen molar-refractivity contribution in [2.24, 2.45) is 0 Å². The second kappa shape index (κ2) is 6.50. The number of nitrogens with one attached hydrogen (secondary N) is 2. The topological polar surface area (TPSA) is 59.6 Å². The van der Waals surface area contributed by atoms with Gasteiger partial charge in [0.05, 0.1) is 0 Å². The normalized spacial score (nSPS) is 12.1. The standard InChI is InChI=1S/C17H17BrN2O3/c1-10-5-13(18)6-11(2)16(10)20-17(21)19-8-12-3-4-14-15(7-12)23-9-22-14/h3-7H,8-9H2,1-2H3,(H2,19,20,21). The molecule has 23 heavy (non-hydrogen) atoms. The molecule has 3 rings (SSSR count). The van der Waals surface area contributed by atoms with Crippen molar-refractivity contribution in [2.75, 3.05) is 12.1 Å². The van der Waals surface area contributed by atoms with Gasteiger partial charge in [0.1, 0.15) is 0 Å². The van der Waals surface area contributed by atoms with Crippen molar-refractivity contribution in [3.63, 3.8) is 0 Å². The number of rotatable bonds is 3. The van der Waals surface area contributed by atoms with Crippen molar-refractivity contribution in [3.05, 3.63) is 51.5 Å². The van der Waals surface area contributed by atoms with E-state index < -0.39 is 0 Å². The van der Waals surface area contributed by atoms with E-state index in [4.69, 9.17) is 9.47 Å². The highest BCUT2D eigenvalue weighted by atomic mass is 79.9. The molecule has 6 heteroatoms. The molecular formula is C17H17BrN2O3. The molecule has 0 saturated carbocycles. The Bertz CT molecular complexity index is 738. The first kappa shape index (κ1) is 15.7. The van der Waals surface area contributed by atoms with Gasteiger partial charge in [0.25, 0.3) is 0 Å². The van der Waals surface area contributed by atoms with E-state index in [0.717, 1.165) is 32.6 Å². The van der Waals surface area contributed by atoms with Crippen molar-refractivity contribution >= 4 is 27.6 Å². The molecule has 0 saturated heterocycles. The van der Waals surface area contributed by atoms with Crippen LogP contribution in [0.4, 0.5) is 10.5 Å². The zero-order valence-electron chi connectivity index (χ0n) is 12.9. The number of hydrogen-bond donors (Lipinski definition) is 2. The molecule has 0 spiro atoms. The molecule has 2 aromatic rings. The Kier molecular flexibility index (Phi) is 4.43. The molecule has 1 heterocycles. The number of aryl methyl sites for hydroxylation is 2. The maximum atomic E-state index is 12.1. The predicted octanol–water partition coefficient (Wildman–Crippen LogP) is 4.12. The van der Waals surface area contributed by atoms with E-state index in [-0.39, 0.29) is 12.8 Å². The molecule has 0 fully saturated rings. The summed E-state index contributed by atoms with van der Waals surface area (Å²) in [5, 5.41) is 5.75. The summed E-state index contributed by atoms with van der Waals surface area (Å²) in [4.78, 5) is 12.1. The number of fused-ring (bicyclic) bond motifs is 1. The summed E-state index contributed by atoms with van der Waals surface area (Å²) in [5.41, 5.74) is 3.80. The molecule has 0 aliphatic carbocycles. The maximum Gasteiger partial charge on any atom is 0.319 e. The van der Waals surface area contributed by atoms with Crippen molar-refractivity contribution in [1.82, 2.24) is 5.32 Å². The summed E-state index contributed by atoms with van der Waals surface area (Å²) >= 11 is 3.45. The fourth-order valence-corrected chi connectivity index (χ4v) is 3.19. The lowest BCUT2D eigenvalue weighted by molar-refractivity contribution is 0.174. The van der Waals surface area contributed by atoms with E-state index in [1.54, 1.807) is 0 Å². The summed E-state index contributed by atoms with van der Waals surface area (Å²) in [5.74, 6) is 1.45. The fraction of sp³-hybridized carbons (Fsp3) is 0.235. The number of hydrogen-bond acceptors (Lipinski definition) is 3. The van der Waals surface area contributed by atoms with Gasteiger partial charge in [-0.15, -0.1) is 0 Å². The van der Waals surface area contributed by atoms with Gasteiger partial charge < -0.3 is 20.1 Å². The molecule has 1 aliphatic heterocycles. The predicted molar refractivity (Wildman–Crippen MR) is 92.0 cm³/mol. The first-order chi connectivity index (χ1) is 11.0. The van der Waals surface area contributed by atoms with Crippen LogP contribution in [0, 0.1) is 13.8 Å². The molecule has 0 atom stereocenters. The lowest BCUT2D eigenvalue weighted by Crippen LogP contribution is -2.28. The molecule has 0 aromatic heterocycles. The number of urea groups is 1. The quantitative estimate of drug-likeness (QED) is 0.846. The van der Waals surface area contributed by atoms with Crippen LogP contribution >= 0.6 is 15.9 Å². The molecule has 5 nitrogen and oxygen atoms in total. The van der Waals surface area contributed by atoms with Crippen LogP contribution in [0.15, 0.2) is 34.8 Å². The van der Waals surface area contributed by atoms with E-state index in [1.807, 2.05) is 44.2 Å². The molecule has 2 N–H and O–H groups in total. The van der Waals surface area contributed by atoms with Crippen molar-refractivity contribution < 1.29 is 14.3 Å². The summed E-state index contributed by atoms with van der Waals surface area (Å²) in [6, 6.07) is 9.33. The van der Waals surface area contributed by atoms with Crippen molar-refractivity contribution in [3.8, 4) is 11.5 Å². The van der Waals surface area contributed by atoms with Gasteiger partial charge in [-0.2, -0.15) is 0 Å². The van der Waals surface area contributed by atoms with Crippen LogP contribution in [0.25, 0.3) is 0 Å². The molecule has 2 aromatic carbocycles. The minimum Gasteiger partial charge on any atom is -0.454 e. The van der Waals surface area contributed by atoms with Crippen LogP contribution in [-0.2, 0) is 6.54 Å². The van der Waals surface area contributed by atoms with Crippen LogP contribution in [0.1, 0.15) is 16.7 Å². The number of benzene rings is 2. The highest BCUT2D eigenvalue weighted by Gasteiger charge is 2.14. The lowest BCUT2D eigenvalue weighted by Gasteiger charge is -2.13. The van der Waals surface area contributed by atoms with Gasteiger partial charge in [-0.25, -0.2) is 4.79 Å². The summed E-state index contributed by atoms with van der Waals surface area (Å²) in [6.07, 6.45) is 0. The third kappa shape index (κ3) is 3.59. The molecule has 2 amide bonds. The maximum absolute atomic E-state index is 12.1. The second-order valence-electron chi connectivity index (χ2n) is 5.41. The highest BCUT2D eigenvalue weighted by Crippen LogP contribution is 2.32. The Balaban J connectivity index is 1.62. The van der Waals surface area contributed by atoms with Crippen LogP contribution in [0.3, 0.4) is 0 Å². The number of ether oxygens (including phenoxy) is 2. The molecule has 0 bridgehead atoms. The molecule has 0 unspecified atom stereocenters. The van der Waals surface area contributed by atoms with Gasteiger partial charge in [0, 0.05) is 16.7 Å². The minimum absolute atomic E-state index is 0.240. The zero-order chi connectivity index (χ0) is 16.4. The Morgan fingerprint density at radius 3 is 2.57 bits per heavy atom. The minimum atomic E-state index is -0.240. The number of halogens is 1. The number of anilines is 1. The average molecular weight is 377 g/mol. The Morgan fingerprint density at radius 2 is 1.83 bits per heavy atom. The van der Waals surface area contributed by atoms with Gasteiger partial charge in [-0.1, -0.05) is 22.0 Å². The molecule has 1 aliphatic rings. The van der Waals surface area contributed by atoms with Gasteiger partial charge in [-0.05, 0) is 54.8 Å². The van der Waals surface area contributed by atoms with Crippen LogP contribution in [0.2, 0.25) is 0 Å². The van der Waals surface area contributed by atoms with E-state index >= 15 is 0 Å². The fourth-order valence-electron chi connectivity index (χ4n) is 2.50. The Morgan fingerprint density at radius 1 is 1.13 bits per heavy atom. The van der Waals surface area contributed by atoms with Crippen LogP contribution < -0.4 is 20.1 Å². The Labute approximate surface area is 143 Å². The summed E-state index contributed by atoms with van der Waals surface area (Å²) in [6.45, 7) is 4.59. The van der Waals surface area contributed by atoms with Crippen LogP contribution in [0.5, 0.6) is 11.5 Å². The van der Waals surface area contributed by atoms with Crippen LogP contribution in [-0.4, -0.2) is 12.8 Å². The summed E-state index contributed by atoms with van der Waals surface area (Å²) in [7, 11) is 0. The van der Waals surface area contributed by atoms with Gasteiger partial charge >= 0.3 is 6.03 Å². The SMILES string of the molecule is Cc1cc(Br)cc(C)c1NC(=O)NCc1ccc2c(c1)OCO2. The third-order valence-corrected chi connectivity index (χ3v) is 4.08. The number of amides is 2. The largest absolute Gasteiger partial charge is 0.454 e. The van der Waals surface area contributed by atoms with E-state index in [1.165, 1.54) is 0 Å². The Hall–Kier alpha value is -2.21.